The maximum atomic E-state index is 9.05. The first-order valence-corrected chi connectivity index (χ1v) is 8.08. The summed E-state index contributed by atoms with van der Waals surface area (Å²) in [7, 11) is 0. The topological polar surface area (TPSA) is 44.9 Å². The van der Waals surface area contributed by atoms with E-state index in [1.807, 2.05) is 22.9 Å². The molecule has 4 nitrogen and oxygen atoms in total. The fourth-order valence-electron chi connectivity index (χ4n) is 2.72. The van der Waals surface area contributed by atoms with Crippen LogP contribution in [0.3, 0.4) is 0 Å². The van der Waals surface area contributed by atoms with E-state index in [-0.39, 0.29) is 0 Å². The van der Waals surface area contributed by atoms with Gasteiger partial charge in [-0.15, -0.1) is 0 Å². The number of hydrogen-bond donors (Lipinski definition) is 0. The maximum absolute atomic E-state index is 9.05. The summed E-state index contributed by atoms with van der Waals surface area (Å²) in [6.07, 6.45) is 5.46. The first-order valence-electron chi connectivity index (χ1n) is 7.70. The van der Waals surface area contributed by atoms with Crippen molar-refractivity contribution in [3.63, 3.8) is 0 Å². The van der Waals surface area contributed by atoms with Gasteiger partial charge in [0.15, 0.2) is 0 Å². The highest BCUT2D eigenvalue weighted by atomic mass is 35.5. The molecule has 0 bridgehead atoms. The summed E-state index contributed by atoms with van der Waals surface area (Å²) in [5.41, 5.74) is 4.77. The minimum atomic E-state index is 0.469. The second kappa shape index (κ2) is 6.77. The van der Waals surface area contributed by atoms with Gasteiger partial charge in [-0.25, -0.2) is 4.98 Å². The van der Waals surface area contributed by atoms with Crippen molar-refractivity contribution in [2.75, 3.05) is 11.4 Å². The van der Waals surface area contributed by atoms with E-state index in [0.29, 0.717) is 10.6 Å². The van der Waals surface area contributed by atoms with Crippen LogP contribution in [0.15, 0.2) is 55.1 Å². The predicted octanol–water partition coefficient (Wildman–Crippen LogP) is 4.86. The lowest BCUT2D eigenvalue weighted by Crippen LogP contribution is -2.17. The second-order valence-electron chi connectivity index (χ2n) is 5.46. The number of nitriles is 1. The maximum Gasteiger partial charge on any atom is 0.101 e. The van der Waals surface area contributed by atoms with Crippen molar-refractivity contribution < 1.29 is 0 Å². The molecule has 0 amide bonds. The average Bonchev–Trinajstić information content (AvgIpc) is 3.12. The summed E-state index contributed by atoms with van der Waals surface area (Å²) in [6, 6.07) is 13.9. The van der Waals surface area contributed by atoms with Gasteiger partial charge < -0.3 is 9.47 Å². The van der Waals surface area contributed by atoms with Crippen molar-refractivity contribution in [2.45, 2.75) is 13.8 Å². The normalized spacial score (nSPS) is 10.4. The van der Waals surface area contributed by atoms with Crippen LogP contribution in [0.1, 0.15) is 18.1 Å². The van der Waals surface area contributed by atoms with Crippen LogP contribution in [0.25, 0.3) is 5.69 Å². The van der Waals surface area contributed by atoms with E-state index in [2.05, 4.69) is 48.0 Å². The van der Waals surface area contributed by atoms with Crippen molar-refractivity contribution in [1.29, 1.82) is 5.26 Å². The molecule has 0 aliphatic carbocycles. The van der Waals surface area contributed by atoms with Crippen LogP contribution < -0.4 is 4.90 Å². The molecule has 0 saturated carbocycles. The summed E-state index contributed by atoms with van der Waals surface area (Å²) in [5, 5.41) is 9.52. The number of anilines is 2. The molecule has 0 saturated heterocycles. The minimum Gasteiger partial charge on any atom is -0.341 e. The molecule has 24 heavy (non-hydrogen) atoms. The van der Waals surface area contributed by atoms with Crippen molar-refractivity contribution in [3.8, 4) is 11.8 Å². The Morgan fingerprint density at radius 3 is 2.71 bits per heavy atom. The lowest BCUT2D eigenvalue weighted by Gasteiger charge is -2.26. The van der Waals surface area contributed by atoms with E-state index in [1.165, 1.54) is 5.56 Å². The van der Waals surface area contributed by atoms with Crippen molar-refractivity contribution in [1.82, 2.24) is 9.55 Å². The van der Waals surface area contributed by atoms with Crippen LogP contribution in [-0.2, 0) is 0 Å². The number of aryl methyl sites for hydroxylation is 1. The molecule has 5 heteroatoms. The Labute approximate surface area is 146 Å². The average molecular weight is 337 g/mol. The molecule has 3 aromatic rings. The van der Waals surface area contributed by atoms with E-state index in [9.17, 15) is 0 Å². The van der Waals surface area contributed by atoms with Gasteiger partial charge >= 0.3 is 0 Å². The van der Waals surface area contributed by atoms with Gasteiger partial charge in [-0.2, -0.15) is 5.26 Å². The quantitative estimate of drug-likeness (QED) is 0.683. The molecule has 120 valence electrons. The van der Waals surface area contributed by atoms with Crippen molar-refractivity contribution in [3.05, 3.63) is 71.3 Å². The van der Waals surface area contributed by atoms with Gasteiger partial charge in [0.2, 0.25) is 0 Å². The number of imidazole rings is 1. The van der Waals surface area contributed by atoms with Crippen LogP contribution in [0.5, 0.6) is 0 Å². The lowest BCUT2D eigenvalue weighted by molar-refractivity contribution is 1.00. The molecule has 0 spiro atoms. The SMILES string of the molecule is CCN(c1ccc(C#N)c(Cl)c1)c1cc(-n2ccnc2)ccc1C. The second-order valence-corrected chi connectivity index (χ2v) is 5.87. The summed E-state index contributed by atoms with van der Waals surface area (Å²) < 4.78 is 1.97. The minimum absolute atomic E-state index is 0.469. The molecule has 0 atom stereocenters. The Morgan fingerprint density at radius 2 is 2.08 bits per heavy atom. The van der Waals surface area contributed by atoms with Gasteiger partial charge in [0.1, 0.15) is 6.07 Å². The third kappa shape index (κ3) is 2.99. The first kappa shape index (κ1) is 16.1. The lowest BCUT2D eigenvalue weighted by atomic mass is 10.1. The molecule has 2 aromatic carbocycles. The Kier molecular flexibility index (Phi) is 4.54. The summed E-state index contributed by atoms with van der Waals surface area (Å²) in [4.78, 5) is 6.29. The molecule has 0 N–H and O–H groups in total. The summed E-state index contributed by atoms with van der Waals surface area (Å²) in [5.74, 6) is 0. The fourth-order valence-corrected chi connectivity index (χ4v) is 2.93. The number of hydrogen-bond acceptors (Lipinski definition) is 3. The van der Waals surface area contributed by atoms with Gasteiger partial charge in [-0.3, -0.25) is 0 Å². The standard InChI is InChI=1S/C19H17ClN4/c1-3-24(17-7-5-15(12-21)18(20)10-17)19-11-16(6-4-14(19)2)23-9-8-22-13-23/h4-11,13H,3H2,1-2H3. The number of aromatic nitrogens is 2. The van der Waals surface area contributed by atoms with Crippen LogP contribution >= 0.6 is 11.6 Å². The summed E-state index contributed by atoms with van der Waals surface area (Å²) >= 11 is 6.21. The number of nitrogens with zero attached hydrogens (tertiary/aromatic N) is 4. The van der Waals surface area contributed by atoms with Crippen LogP contribution in [0.2, 0.25) is 5.02 Å². The molecule has 0 fully saturated rings. The highest BCUT2D eigenvalue weighted by Crippen LogP contribution is 2.32. The highest BCUT2D eigenvalue weighted by molar-refractivity contribution is 6.32. The van der Waals surface area contributed by atoms with Crippen LogP contribution in [0.4, 0.5) is 11.4 Å². The molecule has 3 rings (SSSR count). The fraction of sp³-hybridized carbons (Fsp3) is 0.158. The zero-order chi connectivity index (χ0) is 17.1. The smallest absolute Gasteiger partial charge is 0.101 e. The Bertz CT molecular complexity index is 894. The Balaban J connectivity index is 2.06. The monoisotopic (exact) mass is 336 g/mol. The molecule has 0 unspecified atom stereocenters. The van der Waals surface area contributed by atoms with Crippen molar-refractivity contribution >= 4 is 23.0 Å². The van der Waals surface area contributed by atoms with Gasteiger partial charge in [-0.05, 0) is 49.7 Å². The molecule has 0 aliphatic rings. The third-order valence-corrected chi connectivity index (χ3v) is 4.30. The predicted molar refractivity (Wildman–Crippen MR) is 97.1 cm³/mol. The Morgan fingerprint density at radius 1 is 1.25 bits per heavy atom. The largest absolute Gasteiger partial charge is 0.341 e. The number of halogens is 1. The van der Waals surface area contributed by atoms with E-state index < -0.39 is 0 Å². The Hall–Kier alpha value is -2.77. The van der Waals surface area contributed by atoms with Crippen molar-refractivity contribution in [2.24, 2.45) is 0 Å². The number of rotatable bonds is 4. The summed E-state index contributed by atoms with van der Waals surface area (Å²) in [6.45, 7) is 4.97. The number of benzene rings is 2. The van der Waals surface area contributed by atoms with Gasteiger partial charge in [0.05, 0.1) is 16.9 Å². The van der Waals surface area contributed by atoms with E-state index in [0.717, 1.165) is 23.6 Å². The molecular formula is C19H17ClN4. The molecule has 0 radical (unpaired) electrons. The van der Waals surface area contributed by atoms with E-state index >= 15 is 0 Å². The van der Waals surface area contributed by atoms with Crippen LogP contribution in [0, 0.1) is 18.3 Å². The molecule has 0 aliphatic heterocycles. The zero-order valence-electron chi connectivity index (χ0n) is 13.6. The van der Waals surface area contributed by atoms with Gasteiger partial charge in [0.25, 0.3) is 0 Å². The third-order valence-electron chi connectivity index (χ3n) is 3.99. The van der Waals surface area contributed by atoms with Crippen LogP contribution in [-0.4, -0.2) is 16.1 Å². The molecule has 1 aromatic heterocycles. The first-order chi connectivity index (χ1) is 11.6. The molecular weight excluding hydrogens is 320 g/mol. The van der Waals surface area contributed by atoms with Gasteiger partial charge in [-0.1, -0.05) is 17.7 Å². The zero-order valence-corrected chi connectivity index (χ0v) is 14.3. The highest BCUT2D eigenvalue weighted by Gasteiger charge is 2.13. The van der Waals surface area contributed by atoms with Gasteiger partial charge in [0, 0.05) is 36.0 Å². The van der Waals surface area contributed by atoms with E-state index in [4.69, 9.17) is 16.9 Å². The van der Waals surface area contributed by atoms with E-state index in [1.54, 1.807) is 18.6 Å². The molecule has 1 heterocycles.